The van der Waals surface area contributed by atoms with Gasteiger partial charge in [-0.3, -0.25) is 9.69 Å². The molecule has 1 saturated heterocycles. The molecule has 2 amide bonds. The summed E-state index contributed by atoms with van der Waals surface area (Å²) in [4.78, 5) is 28.7. The number of hydrogen-bond donors (Lipinski definition) is 1. The summed E-state index contributed by atoms with van der Waals surface area (Å²) in [7, 11) is 2.08. The van der Waals surface area contributed by atoms with E-state index in [0.717, 1.165) is 29.5 Å². The normalized spacial score (nSPS) is 15.6. The minimum absolute atomic E-state index is 0.0420. The Morgan fingerprint density at radius 3 is 2.46 bits per heavy atom. The van der Waals surface area contributed by atoms with Gasteiger partial charge in [-0.2, -0.15) is 0 Å². The van der Waals surface area contributed by atoms with Crippen LogP contribution in [0.25, 0.3) is 0 Å². The first kappa shape index (κ1) is 18.8. The van der Waals surface area contributed by atoms with E-state index in [1.807, 2.05) is 36.4 Å². The van der Waals surface area contributed by atoms with Crippen molar-refractivity contribution in [3.63, 3.8) is 0 Å². The Kier molecular flexibility index (Phi) is 5.93. The summed E-state index contributed by atoms with van der Waals surface area (Å²) in [6.45, 7) is 1.87. The predicted octanol–water partition coefficient (Wildman–Crippen LogP) is 4.03. The van der Waals surface area contributed by atoms with E-state index in [9.17, 15) is 9.59 Å². The standard InChI is InChI=1S/C20H22IN3O2/c1-23-11-9-14(10-12-23)19(25)15-5-4-6-16(13-15)24(20(22)26)18-8-3-2-7-17(18)21/h2-8,13-14H,9-12H2,1H3,(H2,22,26). The van der Waals surface area contributed by atoms with Gasteiger partial charge in [0, 0.05) is 15.1 Å². The number of anilines is 2. The van der Waals surface area contributed by atoms with Crippen molar-refractivity contribution >= 4 is 45.8 Å². The number of rotatable bonds is 4. The quantitative estimate of drug-likeness (QED) is 0.550. The fourth-order valence-electron chi connectivity index (χ4n) is 3.32. The molecule has 5 nitrogen and oxygen atoms in total. The molecule has 1 aliphatic heterocycles. The number of Topliss-reactive ketones (excluding diaryl/α,β-unsaturated/α-hetero) is 1. The van der Waals surface area contributed by atoms with Crippen LogP contribution < -0.4 is 10.6 Å². The third-order valence-corrected chi connectivity index (χ3v) is 5.70. The number of carbonyl (C=O) groups is 2. The zero-order chi connectivity index (χ0) is 18.7. The molecular formula is C20H22IN3O2. The highest BCUT2D eigenvalue weighted by Crippen LogP contribution is 2.31. The van der Waals surface area contributed by atoms with Crippen LogP contribution in [-0.4, -0.2) is 36.9 Å². The van der Waals surface area contributed by atoms with Crippen LogP contribution in [0.3, 0.4) is 0 Å². The van der Waals surface area contributed by atoms with Gasteiger partial charge in [-0.15, -0.1) is 0 Å². The smallest absolute Gasteiger partial charge is 0.323 e. The van der Waals surface area contributed by atoms with Gasteiger partial charge in [-0.1, -0.05) is 24.3 Å². The molecule has 2 aromatic rings. The Bertz CT molecular complexity index is 816. The lowest BCUT2D eigenvalue weighted by molar-refractivity contribution is 0.0857. The number of primary amides is 1. The lowest BCUT2D eigenvalue weighted by Gasteiger charge is -2.28. The topological polar surface area (TPSA) is 66.6 Å². The Balaban J connectivity index is 1.91. The molecule has 0 saturated carbocycles. The Hall–Kier alpha value is -1.93. The van der Waals surface area contributed by atoms with Crippen molar-refractivity contribution in [1.29, 1.82) is 0 Å². The van der Waals surface area contributed by atoms with E-state index in [-0.39, 0.29) is 11.7 Å². The number of benzene rings is 2. The zero-order valence-corrected chi connectivity index (χ0v) is 16.8. The number of piperidine rings is 1. The molecule has 1 heterocycles. The van der Waals surface area contributed by atoms with Crippen LogP contribution in [0.4, 0.5) is 16.2 Å². The van der Waals surface area contributed by atoms with Gasteiger partial charge in [0.25, 0.3) is 0 Å². The molecule has 0 radical (unpaired) electrons. The zero-order valence-electron chi connectivity index (χ0n) is 14.7. The van der Waals surface area contributed by atoms with Crippen LogP contribution >= 0.6 is 22.6 Å². The predicted molar refractivity (Wildman–Crippen MR) is 112 cm³/mol. The largest absolute Gasteiger partial charge is 0.351 e. The second kappa shape index (κ2) is 8.18. The number of amides is 2. The fraction of sp³-hybridized carbons (Fsp3) is 0.300. The highest BCUT2D eigenvalue weighted by Gasteiger charge is 2.25. The number of nitrogens with zero attached hydrogens (tertiary/aromatic N) is 2. The van der Waals surface area contributed by atoms with Crippen LogP contribution in [0.15, 0.2) is 48.5 Å². The number of halogens is 1. The number of ketones is 1. The molecule has 2 N–H and O–H groups in total. The molecule has 0 unspecified atom stereocenters. The minimum Gasteiger partial charge on any atom is -0.351 e. The molecule has 0 aliphatic carbocycles. The molecule has 6 heteroatoms. The average molecular weight is 463 g/mol. The molecule has 2 aromatic carbocycles. The van der Waals surface area contributed by atoms with Gasteiger partial charge in [0.15, 0.2) is 5.78 Å². The van der Waals surface area contributed by atoms with E-state index in [4.69, 9.17) is 5.73 Å². The molecular weight excluding hydrogens is 441 g/mol. The van der Waals surface area contributed by atoms with Crippen LogP contribution in [0.5, 0.6) is 0 Å². The average Bonchev–Trinajstić information content (AvgIpc) is 2.64. The van der Waals surface area contributed by atoms with E-state index in [0.29, 0.717) is 16.9 Å². The van der Waals surface area contributed by atoms with E-state index in [1.54, 1.807) is 12.1 Å². The Morgan fingerprint density at radius 2 is 1.81 bits per heavy atom. The van der Waals surface area contributed by atoms with Crippen molar-refractivity contribution < 1.29 is 9.59 Å². The summed E-state index contributed by atoms with van der Waals surface area (Å²) >= 11 is 2.17. The van der Waals surface area contributed by atoms with Crippen LogP contribution in [0, 0.1) is 9.49 Å². The van der Waals surface area contributed by atoms with E-state index >= 15 is 0 Å². The van der Waals surface area contributed by atoms with Gasteiger partial charge in [0.1, 0.15) is 0 Å². The van der Waals surface area contributed by atoms with E-state index < -0.39 is 6.03 Å². The third kappa shape index (κ3) is 4.07. The van der Waals surface area contributed by atoms with Gasteiger partial charge in [-0.05, 0) is 79.8 Å². The highest BCUT2D eigenvalue weighted by atomic mass is 127. The number of nitrogens with two attached hydrogens (primary N) is 1. The van der Waals surface area contributed by atoms with Crippen molar-refractivity contribution in [3.8, 4) is 0 Å². The van der Waals surface area contributed by atoms with Gasteiger partial charge < -0.3 is 10.6 Å². The lowest BCUT2D eigenvalue weighted by Crippen LogP contribution is -2.34. The van der Waals surface area contributed by atoms with Crippen molar-refractivity contribution in [2.75, 3.05) is 25.0 Å². The summed E-state index contributed by atoms with van der Waals surface area (Å²) in [6, 6.07) is 14.2. The third-order valence-electron chi connectivity index (χ3n) is 4.79. The molecule has 3 rings (SSSR count). The second-order valence-electron chi connectivity index (χ2n) is 6.62. The first-order valence-electron chi connectivity index (χ1n) is 8.64. The van der Waals surface area contributed by atoms with Crippen LogP contribution in [-0.2, 0) is 0 Å². The highest BCUT2D eigenvalue weighted by molar-refractivity contribution is 14.1. The fourth-order valence-corrected chi connectivity index (χ4v) is 3.95. The number of likely N-dealkylation sites (tertiary alicyclic amines) is 1. The molecule has 1 aliphatic rings. The van der Waals surface area contributed by atoms with Crippen LogP contribution in [0.2, 0.25) is 0 Å². The first-order valence-corrected chi connectivity index (χ1v) is 9.72. The van der Waals surface area contributed by atoms with Crippen molar-refractivity contribution in [3.05, 3.63) is 57.7 Å². The number of carbonyl (C=O) groups excluding carboxylic acids is 2. The van der Waals surface area contributed by atoms with Crippen LogP contribution in [0.1, 0.15) is 23.2 Å². The molecule has 0 aromatic heterocycles. The minimum atomic E-state index is -0.571. The molecule has 26 heavy (non-hydrogen) atoms. The second-order valence-corrected chi connectivity index (χ2v) is 7.78. The molecule has 0 atom stereocenters. The van der Waals surface area contributed by atoms with E-state index in [2.05, 4.69) is 34.5 Å². The molecule has 0 bridgehead atoms. The maximum atomic E-state index is 12.9. The summed E-state index contributed by atoms with van der Waals surface area (Å²) in [5.74, 6) is 0.187. The summed E-state index contributed by atoms with van der Waals surface area (Å²) < 4.78 is 0.913. The van der Waals surface area contributed by atoms with Crippen molar-refractivity contribution in [2.24, 2.45) is 11.7 Å². The SMILES string of the molecule is CN1CCC(C(=O)c2cccc(N(C(N)=O)c3ccccc3I)c2)CC1. The molecule has 136 valence electrons. The Labute approximate surface area is 167 Å². The summed E-state index contributed by atoms with van der Waals surface area (Å²) in [5.41, 5.74) is 7.60. The van der Waals surface area contributed by atoms with E-state index in [1.165, 1.54) is 4.90 Å². The van der Waals surface area contributed by atoms with Gasteiger partial charge in [0.05, 0.1) is 11.4 Å². The number of para-hydroxylation sites is 1. The van der Waals surface area contributed by atoms with Crippen molar-refractivity contribution in [1.82, 2.24) is 4.90 Å². The summed E-state index contributed by atoms with van der Waals surface area (Å²) in [5, 5.41) is 0. The van der Waals surface area contributed by atoms with Gasteiger partial charge in [0.2, 0.25) is 0 Å². The van der Waals surface area contributed by atoms with Crippen molar-refractivity contribution in [2.45, 2.75) is 12.8 Å². The monoisotopic (exact) mass is 463 g/mol. The number of urea groups is 1. The summed E-state index contributed by atoms with van der Waals surface area (Å²) in [6.07, 6.45) is 1.74. The maximum Gasteiger partial charge on any atom is 0.323 e. The Morgan fingerprint density at radius 1 is 1.12 bits per heavy atom. The number of hydrogen-bond acceptors (Lipinski definition) is 3. The van der Waals surface area contributed by atoms with Gasteiger partial charge >= 0.3 is 6.03 Å². The maximum absolute atomic E-state index is 12.9. The van der Waals surface area contributed by atoms with Gasteiger partial charge in [-0.25, -0.2) is 4.79 Å². The molecule has 1 fully saturated rings. The lowest BCUT2D eigenvalue weighted by atomic mass is 9.89. The molecule has 0 spiro atoms. The first-order chi connectivity index (χ1) is 12.5.